The van der Waals surface area contributed by atoms with Crippen LogP contribution in [0.4, 0.5) is 4.79 Å². The van der Waals surface area contributed by atoms with Crippen LogP contribution in [-0.4, -0.2) is 126 Å². The van der Waals surface area contributed by atoms with E-state index in [1.54, 1.807) is 53.6 Å². The molecule has 0 bridgehead atoms. The molecule has 1 aliphatic rings. The average Bonchev–Trinajstić information content (AvgIpc) is 3.45. The Bertz CT molecular complexity index is 1090. The van der Waals surface area contributed by atoms with Crippen LogP contribution in [0.15, 0.2) is 0 Å². The molecular formula is C35H64N4O9. The van der Waals surface area contributed by atoms with Crippen LogP contribution < -0.4 is 5.32 Å². The molecule has 0 aromatic carbocycles. The van der Waals surface area contributed by atoms with Crippen molar-refractivity contribution in [3.63, 3.8) is 0 Å². The van der Waals surface area contributed by atoms with E-state index >= 15 is 0 Å². The van der Waals surface area contributed by atoms with Gasteiger partial charge < -0.3 is 24.2 Å². The van der Waals surface area contributed by atoms with Crippen molar-refractivity contribution in [3.05, 3.63) is 0 Å². The first kappa shape index (κ1) is 43.3. The lowest BCUT2D eigenvalue weighted by molar-refractivity contribution is -0.152. The first-order chi connectivity index (χ1) is 22.1. The Labute approximate surface area is 288 Å². The van der Waals surface area contributed by atoms with Crippen LogP contribution in [0.5, 0.6) is 0 Å². The van der Waals surface area contributed by atoms with E-state index in [4.69, 9.17) is 14.2 Å². The molecule has 1 saturated heterocycles. The smallest absolute Gasteiger partial charge is 0.410 e. The standard InChI is InChI=1S/C35H64N4O9/c1-15-22(6)29(25(46-13)19-26(40)39-18-16-17-24(39)30(47-14)23(7)33(43)44)37(11)27(20(2)3)31(41)36-32(42)28(21(4)5)38(12)34(45)48-35(8,9)10/h20-25,27-30H,15-19H2,1-14H3,(H,43,44)(H,36,41,42)/t22-,23+,24-,25+,27-,28-,29-,30?/m0/s1. The summed E-state index contributed by atoms with van der Waals surface area (Å²) >= 11 is 0. The number of imide groups is 1. The molecule has 13 nitrogen and oxygen atoms in total. The van der Waals surface area contributed by atoms with E-state index in [0.29, 0.717) is 13.0 Å². The van der Waals surface area contributed by atoms with Crippen molar-refractivity contribution in [2.75, 3.05) is 34.9 Å². The number of amides is 4. The molecule has 1 rings (SSSR count). The van der Waals surface area contributed by atoms with Crippen LogP contribution in [0, 0.1) is 23.7 Å². The summed E-state index contributed by atoms with van der Waals surface area (Å²) in [5.41, 5.74) is -0.757. The van der Waals surface area contributed by atoms with Gasteiger partial charge in [-0.25, -0.2) is 4.79 Å². The number of carboxylic acids is 1. The molecule has 0 saturated carbocycles. The van der Waals surface area contributed by atoms with Crippen LogP contribution >= 0.6 is 0 Å². The highest BCUT2D eigenvalue weighted by atomic mass is 16.6. The van der Waals surface area contributed by atoms with Crippen molar-refractivity contribution in [2.24, 2.45) is 23.7 Å². The minimum Gasteiger partial charge on any atom is -0.481 e. The van der Waals surface area contributed by atoms with Crippen molar-refractivity contribution < 1.29 is 43.3 Å². The number of likely N-dealkylation sites (N-methyl/N-ethyl adjacent to an activating group) is 2. The summed E-state index contributed by atoms with van der Waals surface area (Å²) in [5.74, 6) is -3.62. The first-order valence-electron chi connectivity index (χ1n) is 17.2. The molecule has 1 aliphatic heterocycles. The molecular weight excluding hydrogens is 620 g/mol. The lowest BCUT2D eigenvalue weighted by Crippen LogP contribution is -2.60. The Hall–Kier alpha value is -2.77. The summed E-state index contributed by atoms with van der Waals surface area (Å²) in [6.07, 6.45) is 0.198. The van der Waals surface area contributed by atoms with E-state index in [2.05, 4.69) is 5.32 Å². The fourth-order valence-electron chi connectivity index (χ4n) is 6.97. The Morgan fingerprint density at radius 2 is 1.46 bits per heavy atom. The molecule has 2 N–H and O–H groups in total. The molecule has 0 radical (unpaired) electrons. The lowest BCUT2D eigenvalue weighted by Gasteiger charge is -2.43. The number of nitrogens with zero attached hydrogens (tertiary/aromatic N) is 3. The topological polar surface area (TPSA) is 155 Å². The van der Waals surface area contributed by atoms with Crippen LogP contribution in [0.1, 0.15) is 94.9 Å². The number of methoxy groups -OCH3 is 2. The molecule has 48 heavy (non-hydrogen) atoms. The summed E-state index contributed by atoms with van der Waals surface area (Å²) < 4.78 is 17.0. The number of carbonyl (C=O) groups excluding carboxylic acids is 4. The minimum atomic E-state index is -0.984. The van der Waals surface area contributed by atoms with Crippen LogP contribution in [-0.2, 0) is 33.4 Å². The largest absolute Gasteiger partial charge is 0.481 e. The number of rotatable bonds is 17. The van der Waals surface area contributed by atoms with Gasteiger partial charge in [-0.05, 0) is 65.3 Å². The van der Waals surface area contributed by atoms with Gasteiger partial charge in [-0.15, -0.1) is 0 Å². The minimum absolute atomic E-state index is 0.00709. The Kier molecular flexibility index (Phi) is 17.0. The molecule has 0 aromatic rings. The van der Waals surface area contributed by atoms with Crippen molar-refractivity contribution in [1.29, 1.82) is 0 Å². The molecule has 4 amide bonds. The Balaban J connectivity index is 3.33. The zero-order valence-corrected chi connectivity index (χ0v) is 31.9. The molecule has 1 heterocycles. The number of nitrogens with one attached hydrogen (secondary N) is 1. The zero-order valence-electron chi connectivity index (χ0n) is 31.9. The maximum absolute atomic E-state index is 13.9. The summed E-state index contributed by atoms with van der Waals surface area (Å²) in [7, 11) is 6.30. The summed E-state index contributed by atoms with van der Waals surface area (Å²) in [4.78, 5) is 70.8. The molecule has 0 spiro atoms. The van der Waals surface area contributed by atoms with Gasteiger partial charge in [0.2, 0.25) is 17.7 Å². The number of aliphatic carboxylic acids is 1. The highest BCUT2D eigenvalue weighted by Gasteiger charge is 2.44. The van der Waals surface area contributed by atoms with Crippen molar-refractivity contribution in [2.45, 2.75) is 137 Å². The van der Waals surface area contributed by atoms with Gasteiger partial charge in [-0.1, -0.05) is 48.0 Å². The van der Waals surface area contributed by atoms with E-state index in [0.717, 1.165) is 12.8 Å². The molecule has 278 valence electrons. The van der Waals surface area contributed by atoms with Gasteiger partial charge in [-0.3, -0.25) is 34.3 Å². The maximum atomic E-state index is 13.9. The van der Waals surface area contributed by atoms with Gasteiger partial charge in [-0.2, -0.15) is 0 Å². The second-order valence-corrected chi connectivity index (χ2v) is 15.0. The molecule has 13 heteroatoms. The third-order valence-electron chi connectivity index (χ3n) is 9.49. The van der Waals surface area contributed by atoms with E-state index in [-0.39, 0.29) is 42.2 Å². The molecule has 1 fully saturated rings. The van der Waals surface area contributed by atoms with Crippen LogP contribution in [0.25, 0.3) is 0 Å². The molecule has 1 unspecified atom stereocenters. The van der Waals surface area contributed by atoms with Crippen LogP contribution in [0.3, 0.4) is 0 Å². The Morgan fingerprint density at radius 3 is 1.90 bits per heavy atom. The van der Waals surface area contributed by atoms with Gasteiger partial charge in [0.1, 0.15) is 11.6 Å². The highest BCUT2D eigenvalue weighted by Crippen LogP contribution is 2.30. The fourth-order valence-corrected chi connectivity index (χ4v) is 6.97. The quantitative estimate of drug-likeness (QED) is 0.230. The summed E-state index contributed by atoms with van der Waals surface area (Å²) in [6.45, 7) is 18.7. The molecule has 0 aliphatic carbocycles. The average molecular weight is 685 g/mol. The summed E-state index contributed by atoms with van der Waals surface area (Å²) in [5, 5.41) is 12.2. The lowest BCUT2D eigenvalue weighted by atomic mass is 9.88. The van der Waals surface area contributed by atoms with E-state index < -0.39 is 59.7 Å². The van der Waals surface area contributed by atoms with Crippen molar-refractivity contribution in [3.8, 4) is 0 Å². The fraction of sp³-hybridized carbons (Fsp3) is 0.857. The maximum Gasteiger partial charge on any atom is 0.410 e. The number of carboxylic acid groups (broad SMARTS) is 1. The monoisotopic (exact) mass is 684 g/mol. The van der Waals surface area contributed by atoms with Gasteiger partial charge in [0.25, 0.3) is 0 Å². The third-order valence-corrected chi connectivity index (χ3v) is 9.49. The SMILES string of the molecule is CC[C@H](C)[C@@H]([C@@H](CC(=O)N1CCC[C@H]1C(OC)[C@@H](C)C(=O)O)OC)N(C)[C@H](C(=O)NC(=O)[C@H](C(C)C)N(C)C(=O)OC(C)(C)C)C(C)C. The van der Waals surface area contributed by atoms with E-state index in [1.165, 1.54) is 19.1 Å². The Morgan fingerprint density at radius 1 is 0.917 bits per heavy atom. The first-order valence-corrected chi connectivity index (χ1v) is 17.2. The number of hydrogen-bond acceptors (Lipinski definition) is 9. The van der Waals surface area contributed by atoms with Gasteiger partial charge >= 0.3 is 12.1 Å². The highest BCUT2D eigenvalue weighted by molar-refractivity contribution is 6.01. The van der Waals surface area contributed by atoms with Gasteiger partial charge in [0.05, 0.1) is 36.6 Å². The molecule has 8 atom stereocenters. The predicted octanol–water partition coefficient (Wildman–Crippen LogP) is 4.02. The predicted molar refractivity (Wildman–Crippen MR) is 183 cm³/mol. The van der Waals surface area contributed by atoms with Gasteiger partial charge in [0, 0.05) is 33.9 Å². The zero-order chi connectivity index (χ0) is 37.3. The van der Waals surface area contributed by atoms with E-state index in [9.17, 15) is 29.1 Å². The third kappa shape index (κ3) is 11.4. The van der Waals surface area contributed by atoms with Crippen molar-refractivity contribution >= 4 is 29.8 Å². The van der Waals surface area contributed by atoms with Crippen LogP contribution in [0.2, 0.25) is 0 Å². The second kappa shape index (κ2) is 18.8. The number of likely N-dealkylation sites (tertiary alicyclic amines) is 1. The summed E-state index contributed by atoms with van der Waals surface area (Å²) in [6, 6.07) is -2.49. The number of ether oxygens (including phenoxy) is 3. The van der Waals surface area contributed by atoms with Gasteiger partial charge in [0.15, 0.2) is 0 Å². The normalized spacial score (nSPS) is 19.8. The van der Waals surface area contributed by atoms with Crippen molar-refractivity contribution in [1.82, 2.24) is 20.0 Å². The van der Waals surface area contributed by atoms with E-state index in [1.807, 2.05) is 39.6 Å². The molecule has 0 aromatic heterocycles. The number of carbonyl (C=O) groups is 5. The number of hydrogen-bond donors (Lipinski definition) is 2. The second-order valence-electron chi connectivity index (χ2n) is 15.0.